The van der Waals surface area contributed by atoms with E-state index in [0.29, 0.717) is 27.8 Å². The van der Waals surface area contributed by atoms with E-state index in [1.807, 2.05) is 54.6 Å². The normalized spacial score (nSPS) is 14.8. The summed E-state index contributed by atoms with van der Waals surface area (Å²) in [5.74, 6) is 0.206. The molecule has 0 bridgehead atoms. The van der Waals surface area contributed by atoms with E-state index < -0.39 is 6.04 Å². The molecule has 0 radical (unpaired) electrons. The van der Waals surface area contributed by atoms with Gasteiger partial charge in [0.05, 0.1) is 0 Å². The number of amides is 2. The van der Waals surface area contributed by atoms with Crippen molar-refractivity contribution < 1.29 is 14.3 Å². The predicted molar refractivity (Wildman–Crippen MR) is 167 cm³/mol. The number of para-hydroxylation sites is 1. The van der Waals surface area contributed by atoms with E-state index in [9.17, 15) is 9.59 Å². The van der Waals surface area contributed by atoms with Crippen molar-refractivity contribution in [1.29, 1.82) is 0 Å². The van der Waals surface area contributed by atoms with Crippen molar-refractivity contribution in [1.82, 2.24) is 10.2 Å². The molecule has 0 aromatic heterocycles. The lowest BCUT2D eigenvalue weighted by atomic mass is 9.86. The first-order chi connectivity index (χ1) is 19.6. The van der Waals surface area contributed by atoms with Crippen molar-refractivity contribution in [2.45, 2.75) is 83.3 Å². The van der Waals surface area contributed by atoms with Gasteiger partial charge in [-0.05, 0) is 53.1 Å². The van der Waals surface area contributed by atoms with Crippen LogP contribution in [0.4, 0.5) is 0 Å². The smallest absolute Gasteiger partial charge is 0.261 e. The third-order valence-corrected chi connectivity index (χ3v) is 8.21. The second kappa shape index (κ2) is 14.2. The molecule has 1 N–H and O–H groups in total. The molecule has 4 rings (SSSR count). The maximum atomic E-state index is 14.0. The number of nitrogens with zero attached hydrogens (tertiary/aromatic N) is 1. The van der Waals surface area contributed by atoms with Crippen LogP contribution in [0.5, 0.6) is 5.75 Å². The van der Waals surface area contributed by atoms with Gasteiger partial charge in [-0.25, -0.2) is 0 Å². The Labute approximate surface area is 254 Å². The van der Waals surface area contributed by atoms with Crippen LogP contribution >= 0.6 is 23.2 Å². The summed E-state index contributed by atoms with van der Waals surface area (Å²) in [7, 11) is 0. The molecule has 1 aliphatic rings. The van der Waals surface area contributed by atoms with Crippen LogP contribution in [0.25, 0.3) is 0 Å². The summed E-state index contributed by atoms with van der Waals surface area (Å²) in [4.78, 5) is 29.6. The van der Waals surface area contributed by atoms with Crippen LogP contribution in [-0.2, 0) is 28.0 Å². The lowest BCUT2D eigenvalue weighted by Gasteiger charge is -2.34. The lowest BCUT2D eigenvalue weighted by Crippen LogP contribution is -2.53. The van der Waals surface area contributed by atoms with Crippen molar-refractivity contribution in [3.63, 3.8) is 0 Å². The number of benzene rings is 3. The molecule has 2 amide bonds. The molecule has 1 unspecified atom stereocenters. The van der Waals surface area contributed by atoms with Crippen molar-refractivity contribution >= 4 is 35.0 Å². The molecular weight excluding hydrogens is 555 g/mol. The van der Waals surface area contributed by atoms with E-state index in [2.05, 4.69) is 26.1 Å². The van der Waals surface area contributed by atoms with Crippen LogP contribution in [0.2, 0.25) is 10.0 Å². The van der Waals surface area contributed by atoms with Gasteiger partial charge in [0.2, 0.25) is 5.91 Å². The van der Waals surface area contributed by atoms with Gasteiger partial charge in [-0.1, -0.05) is 118 Å². The van der Waals surface area contributed by atoms with Crippen molar-refractivity contribution in [2.75, 3.05) is 6.61 Å². The highest BCUT2D eigenvalue weighted by atomic mass is 35.5. The van der Waals surface area contributed by atoms with Crippen LogP contribution < -0.4 is 10.1 Å². The fourth-order valence-corrected chi connectivity index (χ4v) is 5.83. The Hall–Kier alpha value is -3.02. The topological polar surface area (TPSA) is 58.6 Å². The predicted octanol–water partition coefficient (Wildman–Crippen LogP) is 7.76. The van der Waals surface area contributed by atoms with E-state index >= 15 is 0 Å². The Kier molecular flexibility index (Phi) is 10.7. The van der Waals surface area contributed by atoms with E-state index in [1.165, 1.54) is 6.42 Å². The van der Waals surface area contributed by atoms with Crippen LogP contribution in [0.3, 0.4) is 0 Å². The SMILES string of the molecule is CC(C)(C)c1ccccc1OCC(=O)N(Cc1ccc(Cl)cc1Cl)C(Cc1ccccc1)C(=O)NC1CCCCC1. The second-order valence-electron chi connectivity index (χ2n) is 11.8. The molecule has 1 atom stereocenters. The molecule has 3 aromatic carbocycles. The zero-order valence-electron chi connectivity index (χ0n) is 24.2. The average molecular weight is 596 g/mol. The van der Waals surface area contributed by atoms with Crippen LogP contribution in [-0.4, -0.2) is 35.4 Å². The minimum absolute atomic E-state index is 0.112. The van der Waals surface area contributed by atoms with Gasteiger partial charge in [0.25, 0.3) is 5.91 Å². The molecule has 3 aromatic rings. The van der Waals surface area contributed by atoms with Gasteiger partial charge < -0.3 is 15.0 Å². The molecule has 218 valence electrons. The maximum Gasteiger partial charge on any atom is 0.261 e. The number of hydrogen-bond donors (Lipinski definition) is 1. The number of carbonyl (C=O) groups is 2. The zero-order chi connectivity index (χ0) is 29.4. The van der Waals surface area contributed by atoms with Gasteiger partial charge in [0.1, 0.15) is 11.8 Å². The standard InChI is InChI=1S/C34H40Cl2N2O3/c1-34(2,3)28-16-10-11-17-31(28)41-23-32(39)38(22-25-18-19-26(35)21-29(25)36)30(20-24-12-6-4-7-13-24)33(40)37-27-14-8-5-9-15-27/h4,6-7,10-13,16-19,21,27,30H,5,8-9,14-15,20,22-23H2,1-3H3,(H,37,40). The fourth-order valence-electron chi connectivity index (χ4n) is 5.37. The summed E-state index contributed by atoms with van der Waals surface area (Å²) in [6.45, 7) is 6.26. The summed E-state index contributed by atoms with van der Waals surface area (Å²) in [6, 6.07) is 22.1. The first-order valence-corrected chi connectivity index (χ1v) is 15.2. The molecule has 41 heavy (non-hydrogen) atoms. The third kappa shape index (κ3) is 8.73. The maximum absolute atomic E-state index is 14.0. The van der Waals surface area contributed by atoms with Gasteiger partial charge >= 0.3 is 0 Å². The van der Waals surface area contributed by atoms with Crippen molar-refractivity contribution in [2.24, 2.45) is 0 Å². The van der Waals surface area contributed by atoms with Crippen LogP contribution in [0, 0.1) is 0 Å². The Balaban J connectivity index is 1.66. The highest BCUT2D eigenvalue weighted by Crippen LogP contribution is 2.31. The molecule has 0 heterocycles. The quantitative estimate of drug-likeness (QED) is 0.261. The van der Waals surface area contributed by atoms with E-state index in [4.69, 9.17) is 27.9 Å². The number of carbonyl (C=O) groups excluding carboxylic acids is 2. The fraction of sp³-hybridized carbons (Fsp3) is 0.412. The van der Waals surface area contributed by atoms with Crippen molar-refractivity contribution in [3.8, 4) is 5.75 Å². The van der Waals surface area contributed by atoms with Gasteiger partial charge in [0.15, 0.2) is 6.61 Å². The van der Waals surface area contributed by atoms with Gasteiger partial charge in [0, 0.05) is 29.1 Å². The number of rotatable bonds is 10. The molecule has 7 heteroatoms. The minimum Gasteiger partial charge on any atom is -0.483 e. The first kappa shape index (κ1) is 30.9. The number of hydrogen-bond acceptors (Lipinski definition) is 3. The van der Waals surface area contributed by atoms with Crippen LogP contribution in [0.15, 0.2) is 72.8 Å². The summed E-state index contributed by atoms with van der Waals surface area (Å²) >= 11 is 12.7. The molecule has 0 spiro atoms. The summed E-state index contributed by atoms with van der Waals surface area (Å²) in [5.41, 5.74) is 2.53. The second-order valence-corrected chi connectivity index (χ2v) is 12.7. The van der Waals surface area contributed by atoms with Gasteiger partial charge in [-0.3, -0.25) is 9.59 Å². The Bertz CT molecular complexity index is 1320. The molecule has 5 nitrogen and oxygen atoms in total. The first-order valence-electron chi connectivity index (χ1n) is 14.4. The zero-order valence-corrected chi connectivity index (χ0v) is 25.7. The Morgan fingerprint density at radius 2 is 1.63 bits per heavy atom. The van der Waals surface area contributed by atoms with E-state index in [0.717, 1.165) is 36.8 Å². The average Bonchev–Trinajstić information content (AvgIpc) is 2.95. The number of halogens is 2. The van der Waals surface area contributed by atoms with Gasteiger partial charge in [-0.15, -0.1) is 0 Å². The molecule has 0 saturated heterocycles. The summed E-state index contributed by atoms with van der Waals surface area (Å²) in [6.07, 6.45) is 5.65. The Morgan fingerprint density at radius 1 is 0.951 bits per heavy atom. The molecule has 0 aliphatic heterocycles. The summed E-state index contributed by atoms with van der Waals surface area (Å²) in [5, 5.41) is 4.21. The molecule has 1 aliphatic carbocycles. The van der Waals surface area contributed by atoms with E-state index in [1.54, 1.807) is 23.1 Å². The van der Waals surface area contributed by atoms with Crippen LogP contribution in [0.1, 0.15) is 69.6 Å². The van der Waals surface area contributed by atoms with E-state index in [-0.39, 0.29) is 36.4 Å². The van der Waals surface area contributed by atoms with Crippen molar-refractivity contribution in [3.05, 3.63) is 99.5 Å². The molecular formula is C34H40Cl2N2O3. The number of ether oxygens (including phenoxy) is 1. The van der Waals surface area contributed by atoms with Gasteiger partial charge in [-0.2, -0.15) is 0 Å². The largest absolute Gasteiger partial charge is 0.483 e. The molecule has 1 fully saturated rings. The number of nitrogens with one attached hydrogen (secondary N) is 1. The highest BCUT2D eigenvalue weighted by molar-refractivity contribution is 6.35. The monoisotopic (exact) mass is 594 g/mol. The lowest BCUT2D eigenvalue weighted by molar-refractivity contribution is -0.143. The molecule has 1 saturated carbocycles. The third-order valence-electron chi connectivity index (χ3n) is 7.62. The Morgan fingerprint density at radius 3 is 2.32 bits per heavy atom. The highest BCUT2D eigenvalue weighted by Gasteiger charge is 2.33. The minimum atomic E-state index is -0.750. The summed E-state index contributed by atoms with van der Waals surface area (Å²) < 4.78 is 6.15.